The zero-order chi connectivity index (χ0) is 15.5. The Morgan fingerprint density at radius 2 is 2.10 bits per heavy atom. The lowest BCUT2D eigenvalue weighted by atomic mass is 10.2. The van der Waals surface area contributed by atoms with Gasteiger partial charge < -0.3 is 15.2 Å². The standard InChI is InChI=1S/C15H23N3O2S/c1-3-5-6-9-20-13-8-7-12(10-14(13)19-4-2)11-17-18-15(16)21/h7-8,10-11H,3-6,9H2,1-2H3,(H3,16,18,21)/b17-11+. The molecule has 0 aliphatic carbocycles. The van der Waals surface area contributed by atoms with Gasteiger partial charge in [-0.3, -0.25) is 5.43 Å². The topological polar surface area (TPSA) is 68.9 Å². The molecule has 0 atom stereocenters. The van der Waals surface area contributed by atoms with E-state index in [-0.39, 0.29) is 5.11 Å². The largest absolute Gasteiger partial charge is 0.490 e. The number of benzene rings is 1. The van der Waals surface area contributed by atoms with Crippen LogP contribution in [0.5, 0.6) is 11.5 Å². The number of rotatable bonds is 9. The van der Waals surface area contributed by atoms with Crippen LogP contribution in [0.4, 0.5) is 0 Å². The van der Waals surface area contributed by atoms with Crippen molar-refractivity contribution in [2.45, 2.75) is 33.1 Å². The minimum absolute atomic E-state index is 0.132. The van der Waals surface area contributed by atoms with Crippen molar-refractivity contribution in [2.24, 2.45) is 10.8 Å². The molecule has 1 aromatic carbocycles. The lowest BCUT2D eigenvalue weighted by Crippen LogP contribution is -2.23. The highest BCUT2D eigenvalue weighted by Gasteiger charge is 2.05. The van der Waals surface area contributed by atoms with Crippen molar-refractivity contribution in [2.75, 3.05) is 13.2 Å². The Morgan fingerprint density at radius 1 is 1.29 bits per heavy atom. The highest BCUT2D eigenvalue weighted by Crippen LogP contribution is 2.28. The SMILES string of the molecule is CCCCCOc1ccc(/C=N/NC(N)=S)cc1OCC. The van der Waals surface area contributed by atoms with E-state index in [0.717, 1.165) is 17.7 Å². The second-order valence-corrected chi connectivity index (χ2v) is 4.87. The quantitative estimate of drug-likeness (QED) is 0.318. The van der Waals surface area contributed by atoms with E-state index in [2.05, 4.69) is 29.7 Å². The van der Waals surface area contributed by atoms with Gasteiger partial charge in [-0.15, -0.1) is 0 Å². The molecule has 0 bridgehead atoms. The Bertz CT molecular complexity index is 478. The van der Waals surface area contributed by atoms with E-state index in [9.17, 15) is 0 Å². The van der Waals surface area contributed by atoms with Gasteiger partial charge >= 0.3 is 0 Å². The van der Waals surface area contributed by atoms with Crippen molar-refractivity contribution in [1.82, 2.24) is 5.43 Å². The Morgan fingerprint density at radius 3 is 2.76 bits per heavy atom. The molecule has 0 aliphatic rings. The van der Waals surface area contributed by atoms with Crippen molar-refractivity contribution >= 4 is 23.5 Å². The lowest BCUT2D eigenvalue weighted by molar-refractivity contribution is 0.271. The van der Waals surface area contributed by atoms with E-state index in [4.69, 9.17) is 15.2 Å². The van der Waals surface area contributed by atoms with Crippen LogP contribution in [0, 0.1) is 0 Å². The Balaban J connectivity index is 2.71. The molecule has 0 radical (unpaired) electrons. The summed E-state index contributed by atoms with van der Waals surface area (Å²) in [6.07, 6.45) is 5.01. The number of nitrogens with two attached hydrogens (primary N) is 1. The minimum Gasteiger partial charge on any atom is -0.490 e. The van der Waals surface area contributed by atoms with E-state index in [1.54, 1.807) is 6.21 Å². The maximum absolute atomic E-state index is 5.76. The first kappa shape index (κ1) is 17.2. The third-order valence-corrected chi connectivity index (χ3v) is 2.75. The summed E-state index contributed by atoms with van der Waals surface area (Å²) >= 11 is 4.68. The van der Waals surface area contributed by atoms with Crippen molar-refractivity contribution < 1.29 is 9.47 Å². The predicted molar refractivity (Wildman–Crippen MR) is 90.1 cm³/mol. The van der Waals surface area contributed by atoms with Gasteiger partial charge in [0, 0.05) is 0 Å². The molecule has 1 rings (SSSR count). The third kappa shape index (κ3) is 6.94. The van der Waals surface area contributed by atoms with E-state index in [1.807, 2.05) is 25.1 Å². The van der Waals surface area contributed by atoms with Crippen LogP contribution in [0.25, 0.3) is 0 Å². The lowest BCUT2D eigenvalue weighted by Gasteiger charge is -2.12. The molecule has 0 unspecified atom stereocenters. The molecule has 0 aromatic heterocycles. The molecule has 0 amide bonds. The summed E-state index contributed by atoms with van der Waals surface area (Å²) in [5.41, 5.74) is 8.69. The molecule has 116 valence electrons. The summed E-state index contributed by atoms with van der Waals surface area (Å²) < 4.78 is 11.4. The molecular weight excluding hydrogens is 286 g/mol. The Kier molecular flexibility index (Phi) is 8.19. The number of ether oxygens (including phenoxy) is 2. The number of hydrogen-bond acceptors (Lipinski definition) is 4. The van der Waals surface area contributed by atoms with E-state index >= 15 is 0 Å². The maximum Gasteiger partial charge on any atom is 0.184 e. The summed E-state index contributed by atoms with van der Waals surface area (Å²) in [4.78, 5) is 0. The van der Waals surface area contributed by atoms with Gasteiger partial charge in [0.25, 0.3) is 0 Å². The number of hydrogen-bond donors (Lipinski definition) is 2. The van der Waals surface area contributed by atoms with Gasteiger partial charge in [-0.25, -0.2) is 0 Å². The van der Waals surface area contributed by atoms with Gasteiger partial charge in [-0.05, 0) is 49.3 Å². The summed E-state index contributed by atoms with van der Waals surface area (Å²) in [7, 11) is 0. The smallest absolute Gasteiger partial charge is 0.184 e. The highest BCUT2D eigenvalue weighted by molar-refractivity contribution is 7.80. The van der Waals surface area contributed by atoms with Crippen LogP contribution in [0.15, 0.2) is 23.3 Å². The second-order valence-electron chi connectivity index (χ2n) is 4.43. The monoisotopic (exact) mass is 309 g/mol. The number of nitrogens with one attached hydrogen (secondary N) is 1. The Hall–Kier alpha value is -1.82. The molecule has 21 heavy (non-hydrogen) atoms. The molecule has 6 heteroatoms. The van der Waals surface area contributed by atoms with Crippen molar-refractivity contribution in [3.05, 3.63) is 23.8 Å². The van der Waals surface area contributed by atoms with Crippen molar-refractivity contribution in [1.29, 1.82) is 0 Å². The molecule has 0 saturated carbocycles. The normalized spacial score (nSPS) is 10.6. The number of nitrogens with zero attached hydrogens (tertiary/aromatic N) is 1. The molecule has 0 spiro atoms. The van der Waals surface area contributed by atoms with Crippen LogP contribution in [0.1, 0.15) is 38.7 Å². The molecule has 0 aliphatic heterocycles. The average Bonchev–Trinajstić information content (AvgIpc) is 2.45. The van der Waals surface area contributed by atoms with E-state index in [1.165, 1.54) is 12.8 Å². The zero-order valence-electron chi connectivity index (χ0n) is 12.6. The van der Waals surface area contributed by atoms with Gasteiger partial charge in [-0.1, -0.05) is 19.8 Å². The van der Waals surface area contributed by atoms with Crippen molar-refractivity contribution in [3.63, 3.8) is 0 Å². The fourth-order valence-corrected chi connectivity index (χ4v) is 1.75. The predicted octanol–water partition coefficient (Wildman–Crippen LogP) is 2.82. The first-order valence-electron chi connectivity index (χ1n) is 7.15. The first-order chi connectivity index (χ1) is 10.2. The van der Waals surface area contributed by atoms with Gasteiger partial charge in [0.2, 0.25) is 0 Å². The van der Waals surface area contributed by atoms with Gasteiger partial charge in [0.1, 0.15) is 0 Å². The molecule has 0 saturated heterocycles. The summed E-state index contributed by atoms with van der Waals surface area (Å²) in [5, 5.41) is 4.05. The van der Waals surface area contributed by atoms with Crippen LogP contribution in [-0.2, 0) is 0 Å². The van der Waals surface area contributed by atoms with Gasteiger partial charge in [0.05, 0.1) is 19.4 Å². The first-order valence-corrected chi connectivity index (χ1v) is 7.56. The number of thiocarbonyl (C=S) groups is 1. The summed E-state index contributed by atoms with van der Waals surface area (Å²) in [6, 6.07) is 5.67. The van der Waals surface area contributed by atoms with Crippen LogP contribution in [0.2, 0.25) is 0 Å². The fourth-order valence-electron chi connectivity index (χ4n) is 1.70. The molecule has 5 nitrogen and oxygen atoms in total. The second kappa shape index (κ2) is 9.99. The van der Waals surface area contributed by atoms with Crippen LogP contribution in [-0.4, -0.2) is 24.5 Å². The Labute approximate surface area is 131 Å². The molecule has 0 heterocycles. The van der Waals surface area contributed by atoms with Crippen LogP contribution < -0.4 is 20.6 Å². The average molecular weight is 309 g/mol. The van der Waals surface area contributed by atoms with Gasteiger partial charge in [-0.2, -0.15) is 5.10 Å². The van der Waals surface area contributed by atoms with Gasteiger partial charge in [0.15, 0.2) is 16.6 Å². The van der Waals surface area contributed by atoms with Crippen molar-refractivity contribution in [3.8, 4) is 11.5 Å². The summed E-state index contributed by atoms with van der Waals surface area (Å²) in [6.45, 7) is 5.39. The summed E-state index contributed by atoms with van der Waals surface area (Å²) in [5.74, 6) is 1.47. The van der Waals surface area contributed by atoms with Crippen LogP contribution in [0.3, 0.4) is 0 Å². The maximum atomic E-state index is 5.76. The molecule has 3 N–H and O–H groups in total. The number of unbranched alkanes of at least 4 members (excludes halogenated alkanes) is 2. The van der Waals surface area contributed by atoms with E-state index in [0.29, 0.717) is 19.0 Å². The highest BCUT2D eigenvalue weighted by atomic mass is 32.1. The van der Waals surface area contributed by atoms with Crippen LogP contribution >= 0.6 is 12.2 Å². The third-order valence-electron chi connectivity index (χ3n) is 2.66. The number of hydrazone groups is 1. The fraction of sp³-hybridized carbons (Fsp3) is 0.467. The molecular formula is C15H23N3O2S. The zero-order valence-corrected chi connectivity index (χ0v) is 13.4. The minimum atomic E-state index is 0.132. The van der Waals surface area contributed by atoms with E-state index < -0.39 is 0 Å². The molecule has 0 fully saturated rings. The molecule has 1 aromatic rings.